The van der Waals surface area contributed by atoms with Crippen LogP contribution in [-0.4, -0.2) is 37.5 Å². The Labute approximate surface area is 507 Å². The van der Waals surface area contributed by atoms with Gasteiger partial charge >= 0.3 is 0 Å². The molecule has 0 spiro atoms. The molecular weight excluding hydrogens is 1080 g/mol. The summed E-state index contributed by atoms with van der Waals surface area (Å²) in [5.41, 5.74) is 23.9. The Morgan fingerprint density at radius 3 is 1.54 bits per heavy atom. The molecule has 0 saturated heterocycles. The molecule has 0 aliphatic rings. The zero-order valence-electron chi connectivity index (χ0n) is 47.8. The fraction of sp³-hybridized carbons (Fsp3) is 0. The highest BCUT2D eigenvalue weighted by atomic mass is 15.2. The number of hydrogen-bond acceptors (Lipinski definition) is 3. The summed E-state index contributed by atoms with van der Waals surface area (Å²) in [5.74, 6) is 0.621. The van der Waals surface area contributed by atoms with E-state index in [4.69, 9.17) is 15.0 Å². The van der Waals surface area contributed by atoms with E-state index >= 15 is 0 Å². The van der Waals surface area contributed by atoms with Crippen molar-refractivity contribution in [3.05, 3.63) is 291 Å². The molecule has 0 radical (unpaired) electrons. The van der Waals surface area contributed by atoms with E-state index in [9.17, 15) is 0 Å². The molecular formula is C81H48N8. The average Bonchev–Trinajstić information content (AvgIpc) is 1.57. The largest absolute Gasteiger partial charge is 0.309 e. The molecule has 0 atom stereocenters. The summed E-state index contributed by atoms with van der Waals surface area (Å²) >= 11 is 0. The molecule has 20 rings (SSSR count). The van der Waals surface area contributed by atoms with Gasteiger partial charge in [-0.05, 0) is 102 Å². The summed E-state index contributed by atoms with van der Waals surface area (Å²) < 4.78 is 12.0. The third kappa shape index (κ3) is 6.74. The highest BCUT2D eigenvalue weighted by molar-refractivity contribution is 6.24. The predicted octanol–water partition coefficient (Wildman–Crippen LogP) is 20.4. The SMILES string of the molecule is c1ccc(-c2nc(-n3c4ccccc4c4c3c3ccccc3c3nc5c(-c6ccc(-n7c8ccccc8c8cc(-c9ccc%10c(c9)c9c(c%11ccccc%11c%11cc%12ccccc%12n%119)n%10-c9ccccc9)ccc87)cc6)cccc5n34)nc3ccccc23)cc1. The molecule has 8 aromatic heterocycles. The van der Waals surface area contributed by atoms with Gasteiger partial charge in [-0.2, -0.15) is 0 Å². The van der Waals surface area contributed by atoms with Crippen LogP contribution in [-0.2, 0) is 0 Å². The van der Waals surface area contributed by atoms with Crippen LogP contribution < -0.4 is 0 Å². The summed E-state index contributed by atoms with van der Waals surface area (Å²) in [4.78, 5) is 16.4. The Kier molecular flexibility index (Phi) is 9.84. The van der Waals surface area contributed by atoms with Crippen LogP contribution in [0, 0.1) is 0 Å². The summed E-state index contributed by atoms with van der Waals surface area (Å²) in [6.07, 6.45) is 0. The lowest BCUT2D eigenvalue weighted by molar-refractivity contribution is 1.02. The zero-order valence-corrected chi connectivity index (χ0v) is 47.8. The number of rotatable bonds is 6. The second-order valence-corrected chi connectivity index (χ2v) is 23.5. The molecule has 12 aromatic carbocycles. The topological polar surface area (TPSA) is 62.3 Å². The zero-order chi connectivity index (χ0) is 58.0. The molecule has 0 aliphatic heterocycles. The number of para-hydroxylation sites is 6. The fourth-order valence-corrected chi connectivity index (χ4v) is 15.0. The highest BCUT2D eigenvalue weighted by Gasteiger charge is 2.26. The Bertz CT molecular complexity index is 6400. The molecule has 0 aliphatic carbocycles. The third-order valence-corrected chi connectivity index (χ3v) is 18.8. The Hall–Kier alpha value is -12.1. The summed E-state index contributed by atoms with van der Waals surface area (Å²) in [7, 11) is 0. The van der Waals surface area contributed by atoms with Crippen molar-refractivity contribution in [2.75, 3.05) is 0 Å². The molecule has 0 amide bonds. The van der Waals surface area contributed by atoms with Crippen molar-refractivity contribution >= 4 is 131 Å². The lowest BCUT2D eigenvalue weighted by Gasteiger charge is -2.13. The van der Waals surface area contributed by atoms with Crippen LogP contribution in [0.4, 0.5) is 0 Å². The Morgan fingerprint density at radius 2 is 0.775 bits per heavy atom. The monoisotopic (exact) mass is 1130 g/mol. The molecule has 0 bridgehead atoms. The van der Waals surface area contributed by atoms with E-state index in [1.807, 2.05) is 6.07 Å². The summed E-state index contributed by atoms with van der Waals surface area (Å²) in [6, 6.07) is 106. The van der Waals surface area contributed by atoms with E-state index in [1.54, 1.807) is 0 Å². The van der Waals surface area contributed by atoms with Crippen molar-refractivity contribution in [1.29, 1.82) is 0 Å². The average molecular weight is 1130 g/mol. The van der Waals surface area contributed by atoms with Crippen molar-refractivity contribution in [2.24, 2.45) is 0 Å². The minimum Gasteiger partial charge on any atom is -0.309 e. The van der Waals surface area contributed by atoms with E-state index in [0.717, 1.165) is 105 Å². The normalized spacial score (nSPS) is 12.3. The number of aromatic nitrogens is 8. The molecule has 0 N–H and O–H groups in total. The van der Waals surface area contributed by atoms with E-state index < -0.39 is 0 Å². The maximum atomic E-state index is 5.64. The lowest BCUT2D eigenvalue weighted by Crippen LogP contribution is -2.04. The second-order valence-electron chi connectivity index (χ2n) is 23.5. The summed E-state index contributed by atoms with van der Waals surface area (Å²) in [6.45, 7) is 0. The van der Waals surface area contributed by atoms with E-state index in [2.05, 4.69) is 308 Å². The van der Waals surface area contributed by atoms with Gasteiger partial charge < -0.3 is 13.5 Å². The van der Waals surface area contributed by atoms with Crippen molar-refractivity contribution in [3.63, 3.8) is 0 Å². The van der Waals surface area contributed by atoms with Gasteiger partial charge in [0.25, 0.3) is 0 Å². The molecule has 8 heteroatoms. The van der Waals surface area contributed by atoms with Gasteiger partial charge in [-0.15, -0.1) is 0 Å². The standard InChI is InChI=1S/C81H48N8/c1-3-20-50(21-4-1)74-62-30-12-15-33-66(62)82-81(84-74)89-69-36-18-14-31-63(69)78-77(89)60-28-10-11-29-61(60)80-83-75-56(32-19-37-72(75)88(78)80)49-38-42-55(43-39-49)85-68-35-17-13-26-58(68)64-46-51(40-44-70(64)85)52-41-45-71-65(47-52)79-76(86(71)54-23-5-2-6-24-54)59-27-9-8-25-57(59)73-48-53-22-7-16-34-67(53)87(73)79/h1-48H. The first kappa shape index (κ1) is 48.1. The van der Waals surface area contributed by atoms with Crippen LogP contribution in [0.25, 0.3) is 182 Å². The molecule has 89 heavy (non-hydrogen) atoms. The van der Waals surface area contributed by atoms with Crippen molar-refractivity contribution in [1.82, 2.24) is 37.5 Å². The number of pyridine rings is 2. The summed E-state index contributed by atoms with van der Waals surface area (Å²) in [5, 5.41) is 11.6. The van der Waals surface area contributed by atoms with Crippen molar-refractivity contribution < 1.29 is 0 Å². The first-order valence-electron chi connectivity index (χ1n) is 30.4. The number of benzene rings is 12. The van der Waals surface area contributed by atoms with E-state index in [-0.39, 0.29) is 0 Å². The van der Waals surface area contributed by atoms with E-state index in [0.29, 0.717) is 5.95 Å². The molecule has 8 nitrogen and oxygen atoms in total. The first-order valence-corrected chi connectivity index (χ1v) is 30.4. The molecule has 412 valence electrons. The van der Waals surface area contributed by atoms with Crippen LogP contribution in [0.3, 0.4) is 0 Å². The number of hydrogen-bond donors (Lipinski definition) is 0. The number of nitrogens with zero attached hydrogens (tertiary/aromatic N) is 8. The smallest absolute Gasteiger partial charge is 0.235 e. The van der Waals surface area contributed by atoms with Crippen LogP contribution in [0.2, 0.25) is 0 Å². The van der Waals surface area contributed by atoms with Crippen LogP contribution in [0.5, 0.6) is 0 Å². The van der Waals surface area contributed by atoms with Crippen molar-refractivity contribution in [2.45, 2.75) is 0 Å². The fourth-order valence-electron chi connectivity index (χ4n) is 15.0. The minimum atomic E-state index is 0.621. The quantitative estimate of drug-likeness (QED) is 0.167. The van der Waals surface area contributed by atoms with Gasteiger partial charge in [0.15, 0.2) is 0 Å². The maximum absolute atomic E-state index is 5.64. The third-order valence-electron chi connectivity index (χ3n) is 18.8. The van der Waals surface area contributed by atoms with Crippen LogP contribution in [0.15, 0.2) is 291 Å². The second kappa shape index (κ2) is 18.2. The predicted molar refractivity (Wildman–Crippen MR) is 369 cm³/mol. The number of fused-ring (bicyclic) bond motifs is 24. The van der Waals surface area contributed by atoms with Crippen molar-refractivity contribution in [3.8, 4) is 50.8 Å². The van der Waals surface area contributed by atoms with Gasteiger partial charge in [-0.25, -0.2) is 15.0 Å². The van der Waals surface area contributed by atoms with Gasteiger partial charge in [0.05, 0.1) is 77.4 Å². The molecule has 20 aromatic rings. The van der Waals surface area contributed by atoms with Gasteiger partial charge in [0, 0.05) is 76.4 Å². The highest BCUT2D eigenvalue weighted by Crippen LogP contribution is 2.45. The van der Waals surface area contributed by atoms with Gasteiger partial charge in [-0.1, -0.05) is 206 Å². The van der Waals surface area contributed by atoms with Gasteiger partial charge in [-0.3, -0.25) is 8.97 Å². The van der Waals surface area contributed by atoms with Gasteiger partial charge in [0.2, 0.25) is 5.95 Å². The molecule has 0 saturated carbocycles. The minimum absolute atomic E-state index is 0.621. The van der Waals surface area contributed by atoms with Crippen LogP contribution in [0.1, 0.15) is 0 Å². The molecule has 0 fully saturated rings. The number of imidazole rings is 1. The lowest BCUT2D eigenvalue weighted by atomic mass is 10.0. The van der Waals surface area contributed by atoms with Gasteiger partial charge in [0.1, 0.15) is 5.65 Å². The van der Waals surface area contributed by atoms with Crippen LogP contribution >= 0.6 is 0 Å². The molecule has 0 unspecified atom stereocenters. The molecule has 8 heterocycles. The van der Waals surface area contributed by atoms with E-state index in [1.165, 1.54) is 71.0 Å². The Balaban J connectivity index is 0.737. The first-order chi connectivity index (χ1) is 44.2. The maximum Gasteiger partial charge on any atom is 0.235 e. The Morgan fingerprint density at radius 1 is 0.247 bits per heavy atom.